The van der Waals surface area contributed by atoms with Gasteiger partial charge in [-0.1, -0.05) is 0 Å². The van der Waals surface area contributed by atoms with Crippen molar-refractivity contribution in [3.63, 3.8) is 0 Å². The van der Waals surface area contributed by atoms with Gasteiger partial charge in [-0.2, -0.15) is 0 Å². The molecule has 0 radical (unpaired) electrons. The number of aromatic nitrogens is 5. The first-order valence-corrected chi connectivity index (χ1v) is 9.53. The van der Waals surface area contributed by atoms with Gasteiger partial charge in [0.1, 0.15) is 16.4 Å². The maximum Gasteiger partial charge on any atom is 0.327 e. The van der Waals surface area contributed by atoms with Crippen LogP contribution in [0.1, 0.15) is 12.2 Å². The molecule has 0 amide bonds. The fraction of sp³-hybridized carbons (Fsp3) is 0.333. The van der Waals surface area contributed by atoms with E-state index >= 15 is 0 Å². The Kier molecular flexibility index (Phi) is 3.96. The van der Waals surface area contributed by atoms with Gasteiger partial charge in [-0.15, -0.1) is 0 Å². The van der Waals surface area contributed by atoms with Gasteiger partial charge in [0.25, 0.3) is 5.56 Å². The highest BCUT2D eigenvalue weighted by Gasteiger charge is 2.22. The zero-order chi connectivity index (χ0) is 18.3. The average Bonchev–Trinajstić information content (AvgIpc) is 3.07. The van der Waals surface area contributed by atoms with E-state index < -0.39 is 21.3 Å². The first kappa shape index (κ1) is 16.7. The van der Waals surface area contributed by atoms with E-state index in [-0.39, 0.29) is 28.4 Å². The van der Waals surface area contributed by atoms with E-state index in [0.717, 1.165) is 24.9 Å². The molecule has 1 aliphatic rings. The third kappa shape index (κ3) is 3.06. The van der Waals surface area contributed by atoms with Gasteiger partial charge in [0, 0.05) is 38.1 Å². The SMILES string of the molecule is O=c1[nH]c(=O)c2cc(S(=O)(=O)NCC3CCc4nccn4C3)cnc2[nH]1. The Hall–Kier alpha value is -2.79. The molecule has 3 N–H and O–H groups in total. The number of sulfonamides is 1. The van der Waals surface area contributed by atoms with Crippen molar-refractivity contribution in [1.29, 1.82) is 0 Å². The number of imidazole rings is 1. The molecule has 0 fully saturated rings. The topological polar surface area (TPSA) is 143 Å². The second-order valence-electron chi connectivity index (χ2n) is 6.23. The zero-order valence-electron chi connectivity index (χ0n) is 13.6. The van der Waals surface area contributed by atoms with Crippen LogP contribution in [0.2, 0.25) is 0 Å². The monoisotopic (exact) mass is 376 g/mol. The van der Waals surface area contributed by atoms with E-state index in [1.807, 2.05) is 10.8 Å². The van der Waals surface area contributed by atoms with Crippen molar-refractivity contribution >= 4 is 21.1 Å². The Labute approximate surface area is 147 Å². The average molecular weight is 376 g/mol. The summed E-state index contributed by atoms with van der Waals surface area (Å²) in [7, 11) is -3.82. The number of aryl methyl sites for hydroxylation is 1. The number of H-pyrrole nitrogens is 2. The number of hydrogen-bond donors (Lipinski definition) is 3. The van der Waals surface area contributed by atoms with Gasteiger partial charge in [0.2, 0.25) is 10.0 Å². The lowest BCUT2D eigenvalue weighted by Crippen LogP contribution is -2.34. The predicted molar refractivity (Wildman–Crippen MR) is 92.2 cm³/mol. The van der Waals surface area contributed by atoms with Crippen LogP contribution in [0, 0.1) is 5.92 Å². The van der Waals surface area contributed by atoms with Crippen LogP contribution < -0.4 is 16.0 Å². The number of aromatic amines is 2. The lowest BCUT2D eigenvalue weighted by atomic mass is 10.00. The van der Waals surface area contributed by atoms with Gasteiger partial charge in [0.15, 0.2) is 0 Å². The van der Waals surface area contributed by atoms with Crippen LogP contribution >= 0.6 is 0 Å². The molecule has 0 aromatic carbocycles. The van der Waals surface area contributed by atoms with E-state index in [1.165, 1.54) is 6.07 Å². The van der Waals surface area contributed by atoms with Crippen molar-refractivity contribution in [2.24, 2.45) is 5.92 Å². The molecule has 3 aromatic heterocycles. The quantitative estimate of drug-likeness (QED) is 0.552. The second kappa shape index (κ2) is 6.18. The molecule has 136 valence electrons. The van der Waals surface area contributed by atoms with Gasteiger partial charge in [0.05, 0.1) is 5.39 Å². The highest BCUT2D eigenvalue weighted by molar-refractivity contribution is 7.89. The predicted octanol–water partition coefficient (Wildman–Crippen LogP) is -0.651. The summed E-state index contributed by atoms with van der Waals surface area (Å²) in [5, 5.41) is 0.00759. The van der Waals surface area contributed by atoms with Crippen molar-refractivity contribution in [2.45, 2.75) is 24.3 Å². The molecule has 10 nitrogen and oxygen atoms in total. The van der Waals surface area contributed by atoms with Crippen LogP contribution in [0.5, 0.6) is 0 Å². The highest BCUT2D eigenvalue weighted by Crippen LogP contribution is 2.19. The molecular formula is C15H16N6O4S. The molecule has 1 aliphatic heterocycles. The van der Waals surface area contributed by atoms with E-state index in [4.69, 9.17) is 0 Å². The molecule has 4 rings (SSSR count). The van der Waals surface area contributed by atoms with Crippen LogP contribution in [0.4, 0.5) is 0 Å². The van der Waals surface area contributed by atoms with E-state index in [2.05, 4.69) is 24.7 Å². The summed E-state index contributed by atoms with van der Waals surface area (Å²) >= 11 is 0. The maximum absolute atomic E-state index is 12.5. The normalized spacial score (nSPS) is 17.3. The molecule has 26 heavy (non-hydrogen) atoms. The molecular weight excluding hydrogens is 360 g/mol. The minimum absolute atomic E-state index is 0.00759. The van der Waals surface area contributed by atoms with Gasteiger partial charge >= 0.3 is 5.69 Å². The lowest BCUT2D eigenvalue weighted by Gasteiger charge is -2.23. The molecule has 0 bridgehead atoms. The van der Waals surface area contributed by atoms with Crippen LogP contribution in [0.15, 0.2) is 39.1 Å². The minimum Gasteiger partial charge on any atom is -0.335 e. The third-order valence-corrected chi connectivity index (χ3v) is 5.86. The summed E-state index contributed by atoms with van der Waals surface area (Å²) in [6.07, 6.45) is 6.39. The first-order valence-electron chi connectivity index (χ1n) is 8.04. The van der Waals surface area contributed by atoms with Gasteiger partial charge in [-0.25, -0.2) is 27.9 Å². The Morgan fingerprint density at radius 3 is 2.96 bits per heavy atom. The summed E-state index contributed by atoms with van der Waals surface area (Å²) < 4.78 is 29.7. The molecule has 0 spiro atoms. The van der Waals surface area contributed by atoms with Gasteiger partial charge in [-0.3, -0.25) is 14.8 Å². The molecule has 3 aromatic rings. The molecule has 0 saturated heterocycles. The molecule has 1 unspecified atom stereocenters. The summed E-state index contributed by atoms with van der Waals surface area (Å²) in [6, 6.07) is 1.20. The Balaban J connectivity index is 1.54. The largest absolute Gasteiger partial charge is 0.335 e. The summed E-state index contributed by atoms with van der Waals surface area (Å²) in [5.74, 6) is 1.16. The van der Waals surface area contributed by atoms with E-state index in [0.29, 0.717) is 6.54 Å². The lowest BCUT2D eigenvalue weighted by molar-refractivity contribution is 0.363. The summed E-state index contributed by atoms with van der Waals surface area (Å²) in [6.45, 7) is 0.981. The van der Waals surface area contributed by atoms with Crippen molar-refractivity contribution in [1.82, 2.24) is 29.2 Å². The number of rotatable bonds is 4. The number of hydrogen-bond acceptors (Lipinski definition) is 6. The highest BCUT2D eigenvalue weighted by atomic mass is 32.2. The van der Waals surface area contributed by atoms with Crippen LogP contribution in [-0.2, 0) is 23.0 Å². The third-order valence-electron chi connectivity index (χ3n) is 4.47. The molecule has 0 saturated carbocycles. The molecule has 1 atom stereocenters. The Bertz CT molecular complexity index is 1190. The van der Waals surface area contributed by atoms with E-state index in [1.54, 1.807) is 6.20 Å². The van der Waals surface area contributed by atoms with Gasteiger partial charge < -0.3 is 4.57 Å². The minimum atomic E-state index is -3.82. The summed E-state index contributed by atoms with van der Waals surface area (Å²) in [5.41, 5.74) is -1.34. The zero-order valence-corrected chi connectivity index (χ0v) is 14.4. The van der Waals surface area contributed by atoms with Gasteiger partial charge in [-0.05, 0) is 18.4 Å². The fourth-order valence-corrected chi connectivity index (χ4v) is 4.18. The smallest absolute Gasteiger partial charge is 0.327 e. The fourth-order valence-electron chi connectivity index (χ4n) is 3.09. The van der Waals surface area contributed by atoms with Crippen molar-refractivity contribution in [3.8, 4) is 0 Å². The van der Waals surface area contributed by atoms with Crippen LogP contribution in [-0.4, -0.2) is 39.5 Å². The number of pyridine rings is 1. The molecule has 4 heterocycles. The number of fused-ring (bicyclic) bond motifs is 2. The molecule has 0 aliphatic carbocycles. The summed E-state index contributed by atoms with van der Waals surface area (Å²) in [4.78, 5) is 35.5. The Morgan fingerprint density at radius 2 is 2.12 bits per heavy atom. The van der Waals surface area contributed by atoms with Crippen molar-refractivity contribution in [2.75, 3.05) is 6.54 Å². The van der Waals surface area contributed by atoms with Crippen LogP contribution in [0.25, 0.3) is 11.0 Å². The van der Waals surface area contributed by atoms with E-state index in [9.17, 15) is 18.0 Å². The van der Waals surface area contributed by atoms with Crippen molar-refractivity contribution in [3.05, 3.63) is 51.3 Å². The maximum atomic E-state index is 12.5. The Morgan fingerprint density at radius 1 is 1.27 bits per heavy atom. The number of nitrogens with zero attached hydrogens (tertiary/aromatic N) is 3. The second-order valence-corrected chi connectivity index (χ2v) is 7.99. The van der Waals surface area contributed by atoms with Crippen LogP contribution in [0.3, 0.4) is 0 Å². The standard InChI is InChI=1S/C15H16N6O4S/c22-14-11-5-10(7-17-13(11)19-15(23)20-14)26(24,25)18-6-9-1-2-12-16-3-4-21(12)8-9/h3-5,7,9,18H,1-2,6,8H2,(H2,17,19,20,22,23). The first-order chi connectivity index (χ1) is 12.4. The molecule has 11 heteroatoms. The number of nitrogens with one attached hydrogen (secondary N) is 3. The van der Waals surface area contributed by atoms with Crippen molar-refractivity contribution < 1.29 is 8.42 Å².